The quantitative estimate of drug-likeness (QED) is 0.208. The summed E-state index contributed by atoms with van der Waals surface area (Å²) >= 11 is 2.00. The lowest BCUT2D eigenvalue weighted by Gasteiger charge is -2.26. The molecule has 4 rings (SSSR count). The van der Waals surface area contributed by atoms with E-state index in [2.05, 4.69) is 5.32 Å². The minimum atomic E-state index is -0.881. The molecule has 2 aliphatic rings. The zero-order valence-electron chi connectivity index (χ0n) is 19.3. The first-order chi connectivity index (χ1) is 17.3. The predicted molar refractivity (Wildman–Crippen MR) is 134 cm³/mol. The molecule has 1 N–H and O–H groups in total. The van der Waals surface area contributed by atoms with E-state index in [4.69, 9.17) is 23.7 Å². The Morgan fingerprint density at radius 3 is 2.61 bits per heavy atom. The molecule has 11 nitrogen and oxygen atoms in total. The molecule has 1 saturated heterocycles. The van der Waals surface area contributed by atoms with Gasteiger partial charge in [0.15, 0.2) is 29.6 Å². The van der Waals surface area contributed by atoms with Crippen molar-refractivity contribution < 1.29 is 42.9 Å². The van der Waals surface area contributed by atoms with Crippen molar-refractivity contribution in [2.75, 3.05) is 31.5 Å². The van der Waals surface area contributed by atoms with Gasteiger partial charge in [-0.15, -0.1) is 0 Å². The molecule has 0 radical (unpaired) electrons. The Kier molecular flexibility index (Phi) is 7.62. The van der Waals surface area contributed by atoms with Gasteiger partial charge in [0.2, 0.25) is 6.79 Å². The van der Waals surface area contributed by atoms with Crippen LogP contribution in [0.2, 0.25) is 0 Å². The van der Waals surface area contributed by atoms with Crippen LogP contribution >= 0.6 is 22.6 Å². The third-order valence-corrected chi connectivity index (χ3v) is 5.80. The molecule has 0 aliphatic carbocycles. The van der Waals surface area contributed by atoms with Gasteiger partial charge in [0.05, 0.1) is 22.5 Å². The number of imide groups is 2. The number of ether oxygens (including phenoxy) is 5. The maximum absolute atomic E-state index is 13.2. The Morgan fingerprint density at radius 2 is 1.86 bits per heavy atom. The number of hydrogen-bond acceptors (Lipinski definition) is 9. The van der Waals surface area contributed by atoms with Crippen molar-refractivity contribution in [1.29, 1.82) is 0 Å². The first-order valence-corrected chi connectivity index (χ1v) is 12.0. The van der Waals surface area contributed by atoms with Gasteiger partial charge in [0, 0.05) is 6.07 Å². The van der Waals surface area contributed by atoms with Crippen LogP contribution in [0.15, 0.2) is 35.9 Å². The van der Waals surface area contributed by atoms with Crippen molar-refractivity contribution in [3.63, 3.8) is 0 Å². The van der Waals surface area contributed by atoms with Gasteiger partial charge in [-0.2, -0.15) is 0 Å². The number of carbonyl (C=O) groups excluding carboxylic acids is 4. The van der Waals surface area contributed by atoms with E-state index in [-0.39, 0.29) is 31.3 Å². The van der Waals surface area contributed by atoms with Crippen molar-refractivity contribution in [3.8, 4) is 23.0 Å². The molecule has 2 aliphatic heterocycles. The largest absolute Gasteiger partial charge is 0.490 e. The van der Waals surface area contributed by atoms with Crippen LogP contribution in [0, 0.1) is 3.57 Å². The predicted octanol–water partition coefficient (Wildman–Crippen LogP) is 3.03. The highest BCUT2D eigenvalue weighted by Crippen LogP contribution is 2.37. The number of nitrogens with zero attached hydrogens (tertiary/aromatic N) is 1. The minimum Gasteiger partial charge on any atom is -0.490 e. The maximum atomic E-state index is 13.2. The van der Waals surface area contributed by atoms with Gasteiger partial charge in [0.25, 0.3) is 11.8 Å². The van der Waals surface area contributed by atoms with E-state index in [9.17, 15) is 19.2 Å². The van der Waals surface area contributed by atoms with Crippen molar-refractivity contribution in [3.05, 3.63) is 45.0 Å². The highest BCUT2D eigenvalue weighted by molar-refractivity contribution is 14.1. The van der Waals surface area contributed by atoms with Crippen LogP contribution in [0.25, 0.3) is 6.08 Å². The van der Waals surface area contributed by atoms with E-state index < -0.39 is 23.8 Å². The summed E-state index contributed by atoms with van der Waals surface area (Å²) in [4.78, 5) is 50.9. The smallest absolute Gasteiger partial charge is 0.344 e. The maximum Gasteiger partial charge on any atom is 0.344 e. The minimum absolute atomic E-state index is 0.0306. The molecule has 2 heterocycles. The third kappa shape index (κ3) is 5.22. The van der Waals surface area contributed by atoms with Gasteiger partial charge < -0.3 is 23.7 Å². The summed E-state index contributed by atoms with van der Waals surface area (Å²) in [5.74, 6) is -0.670. The standard InChI is InChI=1S/C24H21IN2O9/c1-3-32-19-9-13(8-16(25)21(19)34-11-20(28)33-4-2)7-15-22(29)26-24(31)27(23(15)30)14-5-6-17-18(10-14)36-12-35-17/h5-10H,3-4,11-12H2,1-2H3,(H,26,29,31)/b15-7+. The number of barbiturate groups is 1. The van der Waals surface area contributed by atoms with Crippen molar-refractivity contribution >= 4 is 58.2 Å². The molecule has 188 valence electrons. The van der Waals surface area contributed by atoms with Crippen molar-refractivity contribution in [2.24, 2.45) is 0 Å². The van der Waals surface area contributed by atoms with Crippen LogP contribution in [0.3, 0.4) is 0 Å². The summed E-state index contributed by atoms with van der Waals surface area (Å²) in [7, 11) is 0. The molecule has 4 amide bonds. The summed E-state index contributed by atoms with van der Waals surface area (Å²) in [6.45, 7) is 3.73. The molecule has 0 unspecified atom stereocenters. The summed E-state index contributed by atoms with van der Waals surface area (Å²) in [6.07, 6.45) is 1.35. The van der Waals surface area contributed by atoms with Crippen LogP contribution in [0.4, 0.5) is 10.5 Å². The van der Waals surface area contributed by atoms with Crippen LogP contribution < -0.4 is 29.2 Å². The Balaban J connectivity index is 1.65. The number of nitrogens with one attached hydrogen (secondary N) is 1. The van der Waals surface area contributed by atoms with Crippen LogP contribution in [0.5, 0.6) is 23.0 Å². The Labute approximate surface area is 219 Å². The second-order valence-electron chi connectivity index (χ2n) is 7.35. The van der Waals surface area contributed by atoms with Crippen LogP contribution in [-0.4, -0.2) is 50.4 Å². The molecular weight excluding hydrogens is 587 g/mol. The molecule has 0 spiro atoms. The number of carbonyl (C=O) groups is 4. The molecule has 0 aromatic heterocycles. The second-order valence-corrected chi connectivity index (χ2v) is 8.51. The van der Waals surface area contributed by atoms with E-state index >= 15 is 0 Å². The molecule has 12 heteroatoms. The molecule has 36 heavy (non-hydrogen) atoms. The molecule has 0 bridgehead atoms. The highest BCUT2D eigenvalue weighted by Gasteiger charge is 2.37. The number of hydrogen-bond donors (Lipinski definition) is 1. The second kappa shape index (κ2) is 10.8. The van der Waals surface area contributed by atoms with Gasteiger partial charge >= 0.3 is 12.0 Å². The highest BCUT2D eigenvalue weighted by atomic mass is 127. The number of halogens is 1. The Hall–Kier alpha value is -3.81. The lowest BCUT2D eigenvalue weighted by Crippen LogP contribution is -2.54. The summed E-state index contributed by atoms with van der Waals surface area (Å²) in [6, 6.07) is 6.92. The van der Waals surface area contributed by atoms with E-state index in [1.165, 1.54) is 18.2 Å². The van der Waals surface area contributed by atoms with E-state index in [1.54, 1.807) is 32.0 Å². The lowest BCUT2D eigenvalue weighted by molar-refractivity contribution is -0.145. The summed E-state index contributed by atoms with van der Waals surface area (Å²) in [5.41, 5.74) is 0.406. The van der Waals surface area contributed by atoms with Gasteiger partial charge in [0.1, 0.15) is 5.57 Å². The van der Waals surface area contributed by atoms with Gasteiger partial charge in [-0.1, -0.05) is 0 Å². The fourth-order valence-corrected chi connectivity index (χ4v) is 4.27. The fraction of sp³-hybridized carbons (Fsp3) is 0.250. The van der Waals surface area contributed by atoms with E-state index in [0.29, 0.717) is 38.7 Å². The van der Waals surface area contributed by atoms with Crippen LogP contribution in [-0.2, 0) is 19.1 Å². The number of esters is 1. The van der Waals surface area contributed by atoms with E-state index in [1.807, 2.05) is 22.6 Å². The zero-order chi connectivity index (χ0) is 25.8. The first-order valence-electron chi connectivity index (χ1n) is 10.9. The molecule has 0 atom stereocenters. The average molecular weight is 608 g/mol. The van der Waals surface area contributed by atoms with Crippen LogP contribution in [0.1, 0.15) is 19.4 Å². The number of rotatable bonds is 8. The van der Waals surface area contributed by atoms with Gasteiger partial charge in [-0.25, -0.2) is 14.5 Å². The summed E-state index contributed by atoms with van der Waals surface area (Å²) < 4.78 is 27.3. The molecule has 1 fully saturated rings. The number of urea groups is 1. The Bertz CT molecular complexity index is 1270. The summed E-state index contributed by atoms with van der Waals surface area (Å²) in [5, 5.41) is 2.18. The van der Waals surface area contributed by atoms with E-state index in [0.717, 1.165) is 4.90 Å². The van der Waals surface area contributed by atoms with Gasteiger partial charge in [-0.3, -0.25) is 14.9 Å². The average Bonchev–Trinajstić information content (AvgIpc) is 3.29. The fourth-order valence-electron chi connectivity index (χ4n) is 3.49. The lowest BCUT2D eigenvalue weighted by atomic mass is 10.1. The molecule has 2 aromatic rings. The monoisotopic (exact) mass is 608 g/mol. The molecule has 0 saturated carbocycles. The third-order valence-electron chi connectivity index (χ3n) is 5.00. The van der Waals surface area contributed by atoms with Crippen molar-refractivity contribution in [2.45, 2.75) is 13.8 Å². The number of amides is 4. The van der Waals surface area contributed by atoms with Crippen molar-refractivity contribution in [1.82, 2.24) is 5.32 Å². The number of fused-ring (bicyclic) bond motifs is 1. The topological polar surface area (TPSA) is 130 Å². The van der Waals surface area contributed by atoms with Gasteiger partial charge in [-0.05, 0) is 72.3 Å². The normalized spacial score (nSPS) is 15.7. The number of benzene rings is 2. The number of anilines is 1. The molecular formula is C24H21IN2O9. The Morgan fingerprint density at radius 1 is 1.08 bits per heavy atom. The first kappa shape index (κ1) is 25.3. The zero-order valence-corrected chi connectivity index (χ0v) is 21.4. The SMILES string of the molecule is CCOC(=O)COc1c(I)cc(/C=C2\C(=O)NC(=O)N(c3ccc4c(c3)OCO4)C2=O)cc1OCC. The molecule has 2 aromatic carbocycles.